The molecule has 0 bridgehead atoms. The van der Waals surface area contributed by atoms with Crippen molar-refractivity contribution in [2.24, 2.45) is 11.0 Å². The average Bonchev–Trinajstić information content (AvgIpc) is 2.83. The summed E-state index contributed by atoms with van der Waals surface area (Å²) in [6.45, 7) is 4.02. The lowest BCUT2D eigenvalue weighted by Gasteiger charge is -2.20. The standard InChI is InChI=1S/C26H25Cl2N3O3/c1-17(2)24(30-25(32)19-6-4-3-5-7-19)26(33)31-29-15-18-8-12-22(13-9-18)34-16-20-10-11-21(27)14-23(20)28/h3-15,17,24H,16H2,1-2H3,(H,30,32)(H,31,33)/b29-15+. The smallest absolute Gasteiger partial charge is 0.262 e. The van der Waals surface area contributed by atoms with Gasteiger partial charge in [0.25, 0.3) is 11.8 Å². The third-order valence-corrected chi connectivity index (χ3v) is 5.54. The quantitative estimate of drug-likeness (QED) is 0.303. The van der Waals surface area contributed by atoms with Gasteiger partial charge in [0.2, 0.25) is 0 Å². The van der Waals surface area contributed by atoms with E-state index in [1.807, 2.05) is 38.1 Å². The summed E-state index contributed by atoms with van der Waals surface area (Å²) < 4.78 is 5.76. The van der Waals surface area contributed by atoms with Crippen molar-refractivity contribution < 1.29 is 14.3 Å². The van der Waals surface area contributed by atoms with Gasteiger partial charge in [0.15, 0.2) is 0 Å². The van der Waals surface area contributed by atoms with Crippen molar-refractivity contribution in [3.63, 3.8) is 0 Å². The fourth-order valence-electron chi connectivity index (χ4n) is 3.04. The third-order valence-electron chi connectivity index (χ3n) is 4.95. The molecule has 1 atom stereocenters. The lowest BCUT2D eigenvalue weighted by molar-refractivity contribution is -0.123. The van der Waals surface area contributed by atoms with Gasteiger partial charge in [-0.1, -0.05) is 61.3 Å². The third kappa shape index (κ3) is 7.33. The summed E-state index contributed by atoms with van der Waals surface area (Å²) in [4.78, 5) is 25.0. The predicted octanol–water partition coefficient (Wildman–Crippen LogP) is 5.48. The highest BCUT2D eigenvalue weighted by Gasteiger charge is 2.24. The number of nitrogens with zero attached hydrogens (tertiary/aromatic N) is 1. The van der Waals surface area contributed by atoms with Gasteiger partial charge in [-0.2, -0.15) is 5.10 Å². The molecule has 0 radical (unpaired) electrons. The molecule has 34 heavy (non-hydrogen) atoms. The Balaban J connectivity index is 1.53. The number of hydrogen-bond donors (Lipinski definition) is 2. The monoisotopic (exact) mass is 497 g/mol. The Morgan fingerprint density at radius 1 is 1.00 bits per heavy atom. The van der Waals surface area contributed by atoms with Crippen LogP contribution in [0.1, 0.15) is 35.3 Å². The van der Waals surface area contributed by atoms with E-state index in [2.05, 4.69) is 15.8 Å². The van der Waals surface area contributed by atoms with Crippen molar-refractivity contribution in [2.75, 3.05) is 0 Å². The average molecular weight is 498 g/mol. The molecule has 0 fully saturated rings. The van der Waals surface area contributed by atoms with E-state index in [1.165, 1.54) is 6.21 Å². The summed E-state index contributed by atoms with van der Waals surface area (Å²) in [6, 6.07) is 20.5. The van der Waals surface area contributed by atoms with Crippen LogP contribution in [0.25, 0.3) is 0 Å². The molecule has 1 unspecified atom stereocenters. The van der Waals surface area contributed by atoms with Crippen molar-refractivity contribution in [2.45, 2.75) is 26.5 Å². The molecule has 0 aliphatic carbocycles. The molecular formula is C26H25Cl2N3O3. The van der Waals surface area contributed by atoms with Crippen molar-refractivity contribution in [1.29, 1.82) is 0 Å². The lowest BCUT2D eigenvalue weighted by atomic mass is 10.0. The van der Waals surface area contributed by atoms with Crippen LogP contribution >= 0.6 is 23.2 Å². The molecule has 176 valence electrons. The van der Waals surface area contributed by atoms with Gasteiger partial charge in [-0.15, -0.1) is 0 Å². The lowest BCUT2D eigenvalue weighted by Crippen LogP contribution is -2.48. The Labute approximate surface area is 208 Å². The summed E-state index contributed by atoms with van der Waals surface area (Å²) in [5, 5.41) is 7.91. The molecule has 3 rings (SSSR count). The summed E-state index contributed by atoms with van der Waals surface area (Å²) in [5.41, 5.74) is 4.59. The second kappa shape index (κ2) is 12.2. The normalized spacial score (nSPS) is 11.9. The Kier molecular flexibility index (Phi) is 9.08. The Morgan fingerprint density at radius 2 is 1.71 bits per heavy atom. The maximum absolute atomic E-state index is 12.6. The fraction of sp³-hybridized carbons (Fsp3) is 0.192. The van der Waals surface area contributed by atoms with Crippen molar-refractivity contribution in [3.8, 4) is 5.75 Å². The first-order valence-electron chi connectivity index (χ1n) is 10.7. The molecule has 0 heterocycles. The summed E-state index contributed by atoms with van der Waals surface area (Å²) in [7, 11) is 0. The summed E-state index contributed by atoms with van der Waals surface area (Å²) in [6.07, 6.45) is 1.52. The Morgan fingerprint density at radius 3 is 2.35 bits per heavy atom. The molecule has 0 aliphatic rings. The summed E-state index contributed by atoms with van der Waals surface area (Å²) >= 11 is 12.1. The van der Waals surface area contributed by atoms with Gasteiger partial charge in [0.1, 0.15) is 18.4 Å². The molecule has 0 aromatic heterocycles. The second-order valence-electron chi connectivity index (χ2n) is 7.89. The number of halogens is 2. The largest absolute Gasteiger partial charge is 0.489 e. The predicted molar refractivity (Wildman–Crippen MR) is 136 cm³/mol. The molecule has 0 saturated heterocycles. The van der Waals surface area contributed by atoms with Gasteiger partial charge in [0.05, 0.1) is 6.21 Å². The topological polar surface area (TPSA) is 79.8 Å². The van der Waals surface area contributed by atoms with Crippen LogP contribution in [0.3, 0.4) is 0 Å². The Hall–Kier alpha value is -3.35. The molecule has 0 aliphatic heterocycles. The zero-order chi connectivity index (χ0) is 24.5. The molecule has 2 N–H and O–H groups in total. The highest BCUT2D eigenvalue weighted by atomic mass is 35.5. The van der Waals surface area contributed by atoms with Crippen molar-refractivity contribution in [3.05, 3.63) is 99.5 Å². The van der Waals surface area contributed by atoms with Crippen LogP contribution in [-0.4, -0.2) is 24.1 Å². The van der Waals surface area contributed by atoms with E-state index in [9.17, 15) is 9.59 Å². The van der Waals surface area contributed by atoms with E-state index >= 15 is 0 Å². The first-order chi connectivity index (χ1) is 16.3. The number of hydrazone groups is 1. The maximum atomic E-state index is 12.6. The van der Waals surface area contributed by atoms with Crippen LogP contribution < -0.4 is 15.5 Å². The zero-order valence-corrected chi connectivity index (χ0v) is 20.3. The number of benzene rings is 3. The first-order valence-corrected chi connectivity index (χ1v) is 11.4. The minimum absolute atomic E-state index is 0.117. The van der Waals surface area contributed by atoms with Crippen LogP contribution in [0.15, 0.2) is 77.9 Å². The number of carbonyl (C=O) groups excluding carboxylic acids is 2. The van der Waals surface area contributed by atoms with E-state index in [0.29, 0.717) is 28.0 Å². The van der Waals surface area contributed by atoms with Gasteiger partial charge in [-0.3, -0.25) is 9.59 Å². The van der Waals surface area contributed by atoms with Gasteiger partial charge in [-0.25, -0.2) is 5.43 Å². The second-order valence-corrected chi connectivity index (χ2v) is 8.73. The van der Waals surface area contributed by atoms with Crippen molar-refractivity contribution in [1.82, 2.24) is 10.7 Å². The van der Waals surface area contributed by atoms with Crippen molar-refractivity contribution >= 4 is 41.2 Å². The maximum Gasteiger partial charge on any atom is 0.262 e. The van der Waals surface area contributed by atoms with E-state index in [4.69, 9.17) is 27.9 Å². The van der Waals surface area contributed by atoms with Crippen LogP contribution in [0.5, 0.6) is 5.75 Å². The van der Waals surface area contributed by atoms with Gasteiger partial charge in [-0.05, 0) is 60.0 Å². The molecule has 6 nitrogen and oxygen atoms in total. The van der Waals surface area contributed by atoms with Crippen LogP contribution in [0.4, 0.5) is 0 Å². The van der Waals surface area contributed by atoms with Gasteiger partial charge in [0, 0.05) is 21.2 Å². The van der Waals surface area contributed by atoms with Gasteiger partial charge < -0.3 is 10.1 Å². The highest BCUT2D eigenvalue weighted by molar-refractivity contribution is 6.35. The van der Waals surface area contributed by atoms with E-state index < -0.39 is 11.9 Å². The molecule has 0 saturated carbocycles. The van der Waals surface area contributed by atoms with E-state index in [0.717, 1.165) is 11.1 Å². The van der Waals surface area contributed by atoms with Gasteiger partial charge >= 0.3 is 0 Å². The number of ether oxygens (including phenoxy) is 1. The molecular weight excluding hydrogens is 473 g/mol. The fourth-order valence-corrected chi connectivity index (χ4v) is 3.50. The number of nitrogens with one attached hydrogen (secondary N) is 2. The molecule has 2 amide bonds. The minimum Gasteiger partial charge on any atom is -0.489 e. The highest BCUT2D eigenvalue weighted by Crippen LogP contribution is 2.22. The number of amides is 2. The number of hydrogen-bond acceptors (Lipinski definition) is 4. The van der Waals surface area contributed by atoms with Crippen LogP contribution in [0, 0.1) is 5.92 Å². The summed E-state index contributed by atoms with van der Waals surface area (Å²) in [5.74, 6) is -0.159. The molecule has 3 aromatic rings. The first kappa shape index (κ1) is 25.3. The number of rotatable bonds is 9. The van der Waals surface area contributed by atoms with Crippen LogP contribution in [0.2, 0.25) is 10.0 Å². The molecule has 8 heteroatoms. The Bertz CT molecular complexity index is 1150. The number of carbonyl (C=O) groups is 2. The van der Waals surface area contributed by atoms with E-state index in [1.54, 1.807) is 48.5 Å². The SMILES string of the molecule is CC(C)C(NC(=O)c1ccccc1)C(=O)N/N=C/c1ccc(OCc2ccc(Cl)cc2Cl)cc1. The molecule has 3 aromatic carbocycles. The minimum atomic E-state index is -0.722. The zero-order valence-electron chi connectivity index (χ0n) is 18.8. The van der Waals surface area contributed by atoms with Crippen LogP contribution in [-0.2, 0) is 11.4 Å². The van der Waals surface area contributed by atoms with E-state index in [-0.39, 0.29) is 11.8 Å². The molecule has 0 spiro atoms.